The van der Waals surface area contributed by atoms with Crippen LogP contribution in [0.3, 0.4) is 0 Å². The first-order valence-corrected chi connectivity index (χ1v) is 17.3. The van der Waals surface area contributed by atoms with Gasteiger partial charge in [-0.25, -0.2) is 9.98 Å². The molecule has 2 heterocycles. The quantitative estimate of drug-likeness (QED) is 0.188. The summed E-state index contributed by atoms with van der Waals surface area (Å²) in [7, 11) is 0. The Bertz CT molecular complexity index is 2820. The Morgan fingerprint density at radius 2 is 1.12 bits per heavy atom. The molecule has 0 saturated carbocycles. The molecule has 0 fully saturated rings. The highest BCUT2D eigenvalue weighted by Gasteiger charge is 2.25. The molecule has 0 aliphatic carbocycles. The Labute approximate surface area is 295 Å². The number of para-hydroxylation sites is 1. The third-order valence-corrected chi connectivity index (χ3v) is 9.95. The lowest BCUT2D eigenvalue weighted by molar-refractivity contribution is 0.669. The van der Waals surface area contributed by atoms with E-state index in [-0.39, 0.29) is 6.17 Å². The third-order valence-electron chi connectivity index (χ3n) is 9.95. The summed E-state index contributed by atoms with van der Waals surface area (Å²) in [6.45, 7) is 0. The standard InChI is InChI=1S/C47H31N3O/c1-3-11-31(12-4-1)39-27-28-41(43-40-17-9-10-18-42(40)51-44(39)43)47-49-45(33-14-5-2-6-15-33)48-46(50-47)34-22-19-30(20-23-34)35-25-26-38-36(29-35)24-21-32-13-7-8-16-37(32)38/h1-29,45H,(H,48,49,50). The summed E-state index contributed by atoms with van der Waals surface area (Å²) in [6, 6.07) is 61.6. The Morgan fingerprint density at radius 1 is 0.471 bits per heavy atom. The third kappa shape index (κ3) is 5.08. The molecule has 1 N–H and O–H groups in total. The molecule has 8 aromatic carbocycles. The van der Waals surface area contributed by atoms with E-state index < -0.39 is 0 Å². The summed E-state index contributed by atoms with van der Waals surface area (Å²) in [6.07, 6.45) is -0.314. The topological polar surface area (TPSA) is 49.9 Å². The van der Waals surface area contributed by atoms with E-state index >= 15 is 0 Å². The molecule has 1 aliphatic rings. The van der Waals surface area contributed by atoms with E-state index in [4.69, 9.17) is 14.4 Å². The highest BCUT2D eigenvalue weighted by Crippen LogP contribution is 2.39. The van der Waals surface area contributed by atoms with Gasteiger partial charge in [0.1, 0.15) is 23.2 Å². The van der Waals surface area contributed by atoms with Crippen LogP contribution in [0.15, 0.2) is 190 Å². The average molecular weight is 654 g/mol. The number of nitrogens with zero attached hydrogens (tertiary/aromatic N) is 2. The van der Waals surface area contributed by atoms with Crippen LogP contribution in [0.25, 0.3) is 65.7 Å². The first kappa shape index (κ1) is 29.2. The first-order valence-electron chi connectivity index (χ1n) is 17.3. The number of furan rings is 1. The molecule has 10 rings (SSSR count). The zero-order chi connectivity index (χ0) is 33.7. The number of rotatable bonds is 5. The second-order valence-corrected chi connectivity index (χ2v) is 13.0. The van der Waals surface area contributed by atoms with Crippen molar-refractivity contribution < 1.29 is 4.42 Å². The molecule has 4 nitrogen and oxygen atoms in total. The molecular formula is C47H31N3O. The van der Waals surface area contributed by atoms with E-state index in [0.29, 0.717) is 5.84 Å². The minimum absolute atomic E-state index is 0.314. The fourth-order valence-corrected chi connectivity index (χ4v) is 7.39. The molecule has 0 radical (unpaired) electrons. The zero-order valence-electron chi connectivity index (χ0n) is 27.6. The van der Waals surface area contributed by atoms with E-state index in [1.54, 1.807) is 0 Å². The zero-order valence-corrected chi connectivity index (χ0v) is 27.6. The minimum Gasteiger partial charge on any atom is -0.455 e. The smallest absolute Gasteiger partial charge is 0.160 e. The number of aliphatic imine (C=N–C) groups is 2. The largest absolute Gasteiger partial charge is 0.455 e. The molecule has 1 aliphatic heterocycles. The van der Waals surface area contributed by atoms with Crippen LogP contribution in [-0.2, 0) is 0 Å². The predicted molar refractivity (Wildman–Crippen MR) is 211 cm³/mol. The summed E-state index contributed by atoms with van der Waals surface area (Å²) in [5, 5.41) is 10.7. The van der Waals surface area contributed by atoms with E-state index in [2.05, 4.69) is 157 Å². The monoisotopic (exact) mass is 653 g/mol. The second-order valence-electron chi connectivity index (χ2n) is 13.0. The molecule has 240 valence electrons. The van der Waals surface area contributed by atoms with Crippen molar-refractivity contribution in [2.45, 2.75) is 6.17 Å². The van der Waals surface area contributed by atoms with Crippen LogP contribution in [0, 0.1) is 0 Å². The van der Waals surface area contributed by atoms with Gasteiger partial charge in [0.05, 0.1) is 0 Å². The first-order chi connectivity index (χ1) is 25.3. The highest BCUT2D eigenvalue weighted by atomic mass is 16.3. The maximum absolute atomic E-state index is 6.58. The molecule has 51 heavy (non-hydrogen) atoms. The Balaban J connectivity index is 1.08. The van der Waals surface area contributed by atoms with Gasteiger partial charge in [-0.15, -0.1) is 0 Å². The Morgan fingerprint density at radius 3 is 1.96 bits per heavy atom. The van der Waals surface area contributed by atoms with Gasteiger partial charge < -0.3 is 9.73 Å². The van der Waals surface area contributed by atoms with Gasteiger partial charge in [-0.05, 0) is 68.1 Å². The summed E-state index contributed by atoms with van der Waals surface area (Å²) < 4.78 is 6.58. The van der Waals surface area contributed by atoms with E-state index in [1.165, 1.54) is 27.1 Å². The lowest BCUT2D eigenvalue weighted by Gasteiger charge is -2.24. The summed E-state index contributed by atoms with van der Waals surface area (Å²) >= 11 is 0. The lowest BCUT2D eigenvalue weighted by atomic mass is 9.96. The summed E-state index contributed by atoms with van der Waals surface area (Å²) in [5.74, 6) is 1.44. The normalized spacial score (nSPS) is 14.5. The fourth-order valence-electron chi connectivity index (χ4n) is 7.39. The molecule has 0 spiro atoms. The van der Waals surface area contributed by atoms with Gasteiger partial charge in [0.25, 0.3) is 0 Å². The molecule has 0 amide bonds. The van der Waals surface area contributed by atoms with Crippen LogP contribution < -0.4 is 5.32 Å². The molecule has 1 unspecified atom stereocenters. The SMILES string of the molecule is c1ccc(-c2ccc(C3=NC(c4ccccc4)NC(c4ccc(-c5ccc6c(ccc7ccccc76)c5)cc4)=N3)c3c2oc2ccccc23)cc1. The van der Waals surface area contributed by atoms with Gasteiger partial charge in [-0.1, -0.05) is 152 Å². The van der Waals surface area contributed by atoms with Gasteiger partial charge in [0.15, 0.2) is 5.84 Å². The average Bonchev–Trinajstić information content (AvgIpc) is 3.61. The number of hydrogen-bond acceptors (Lipinski definition) is 4. The van der Waals surface area contributed by atoms with Crippen molar-refractivity contribution in [1.82, 2.24) is 5.32 Å². The molecule has 4 heteroatoms. The predicted octanol–water partition coefficient (Wildman–Crippen LogP) is 11.7. The van der Waals surface area contributed by atoms with Crippen molar-refractivity contribution in [3.8, 4) is 22.3 Å². The van der Waals surface area contributed by atoms with E-state index in [0.717, 1.165) is 61.2 Å². The van der Waals surface area contributed by atoms with E-state index in [1.807, 2.05) is 24.3 Å². The number of hydrogen-bond donors (Lipinski definition) is 1. The molecule has 1 aromatic heterocycles. The van der Waals surface area contributed by atoms with Gasteiger partial charge in [0, 0.05) is 27.5 Å². The van der Waals surface area contributed by atoms with Crippen molar-refractivity contribution in [1.29, 1.82) is 0 Å². The van der Waals surface area contributed by atoms with Crippen molar-refractivity contribution in [2.75, 3.05) is 0 Å². The molecule has 0 bridgehead atoms. The van der Waals surface area contributed by atoms with Crippen LogP contribution in [0.1, 0.15) is 22.9 Å². The van der Waals surface area contributed by atoms with Gasteiger partial charge >= 0.3 is 0 Å². The molecule has 9 aromatic rings. The number of benzene rings is 8. The lowest BCUT2D eigenvalue weighted by Crippen LogP contribution is -2.33. The Hall–Kier alpha value is -6.78. The van der Waals surface area contributed by atoms with Gasteiger partial charge in [0.2, 0.25) is 0 Å². The van der Waals surface area contributed by atoms with Crippen molar-refractivity contribution in [2.24, 2.45) is 9.98 Å². The minimum atomic E-state index is -0.314. The highest BCUT2D eigenvalue weighted by molar-refractivity contribution is 6.23. The van der Waals surface area contributed by atoms with Crippen molar-refractivity contribution >= 4 is 55.2 Å². The van der Waals surface area contributed by atoms with Crippen LogP contribution in [0.2, 0.25) is 0 Å². The maximum atomic E-state index is 6.58. The Kier molecular flexibility index (Phi) is 6.85. The molecule has 1 atom stereocenters. The van der Waals surface area contributed by atoms with Gasteiger partial charge in [-0.2, -0.15) is 0 Å². The van der Waals surface area contributed by atoms with Crippen LogP contribution in [0.4, 0.5) is 0 Å². The second kappa shape index (κ2) is 12.0. The molecular weight excluding hydrogens is 623 g/mol. The van der Waals surface area contributed by atoms with E-state index in [9.17, 15) is 0 Å². The number of nitrogens with one attached hydrogen (secondary N) is 1. The van der Waals surface area contributed by atoms with Crippen LogP contribution in [0.5, 0.6) is 0 Å². The van der Waals surface area contributed by atoms with Crippen molar-refractivity contribution in [3.63, 3.8) is 0 Å². The fraction of sp³-hybridized carbons (Fsp3) is 0.0213. The summed E-state index contributed by atoms with van der Waals surface area (Å²) in [5.41, 5.74) is 9.16. The maximum Gasteiger partial charge on any atom is 0.160 e. The van der Waals surface area contributed by atoms with Gasteiger partial charge in [-0.3, -0.25) is 0 Å². The van der Waals surface area contributed by atoms with Crippen molar-refractivity contribution in [3.05, 3.63) is 193 Å². The summed E-state index contributed by atoms with van der Waals surface area (Å²) in [4.78, 5) is 10.5. The van der Waals surface area contributed by atoms with Crippen LogP contribution in [-0.4, -0.2) is 11.7 Å². The number of fused-ring (bicyclic) bond motifs is 6. The van der Waals surface area contributed by atoms with Crippen LogP contribution >= 0.6 is 0 Å². The molecule has 0 saturated heterocycles. The number of amidine groups is 2.